The summed E-state index contributed by atoms with van der Waals surface area (Å²) in [6, 6.07) is 12.7. The quantitative estimate of drug-likeness (QED) is 0.784. The Kier molecular flexibility index (Phi) is 4.07. The third-order valence-electron chi connectivity index (χ3n) is 3.35. The molecule has 0 atom stereocenters. The second-order valence-electron chi connectivity index (χ2n) is 4.99. The van der Waals surface area contributed by atoms with E-state index in [1.807, 2.05) is 41.2 Å². The molecule has 0 aliphatic heterocycles. The molecule has 0 aliphatic rings. The van der Waals surface area contributed by atoms with Gasteiger partial charge in [0.25, 0.3) is 5.91 Å². The molecule has 1 amide bonds. The molecule has 0 bridgehead atoms. The lowest BCUT2D eigenvalue weighted by Gasteiger charge is -2.12. The molecule has 0 unspecified atom stereocenters. The highest BCUT2D eigenvalue weighted by Crippen LogP contribution is 2.27. The lowest BCUT2D eigenvalue weighted by molar-refractivity contribution is -0.141. The molecule has 2 aromatic heterocycles. The van der Waals surface area contributed by atoms with Crippen LogP contribution in [0.15, 0.2) is 67.1 Å². The van der Waals surface area contributed by atoms with Crippen LogP contribution in [0, 0.1) is 0 Å². The smallest absolute Gasteiger partial charge is 0.322 e. The van der Waals surface area contributed by atoms with Gasteiger partial charge in [-0.2, -0.15) is 13.2 Å². The lowest BCUT2D eigenvalue weighted by Crippen LogP contribution is -2.15. The van der Waals surface area contributed by atoms with E-state index in [-0.39, 0.29) is 5.56 Å². The van der Waals surface area contributed by atoms with E-state index in [0.717, 1.165) is 24.0 Å². The Labute approximate surface area is 135 Å². The van der Waals surface area contributed by atoms with Crippen molar-refractivity contribution in [2.24, 2.45) is 0 Å². The Morgan fingerprint density at radius 1 is 1.00 bits per heavy atom. The summed E-state index contributed by atoms with van der Waals surface area (Å²) in [4.78, 5) is 15.5. The van der Waals surface area contributed by atoms with E-state index < -0.39 is 17.8 Å². The summed E-state index contributed by atoms with van der Waals surface area (Å²) < 4.78 is 39.4. The molecule has 0 fully saturated rings. The molecule has 7 heteroatoms. The topological polar surface area (TPSA) is 46.9 Å². The minimum absolute atomic E-state index is 0.0466. The van der Waals surface area contributed by atoms with Crippen molar-refractivity contribution < 1.29 is 18.0 Å². The van der Waals surface area contributed by atoms with Crippen LogP contribution in [0.1, 0.15) is 16.1 Å². The number of anilines is 1. The average Bonchev–Trinajstić information content (AvgIpc) is 3.09. The van der Waals surface area contributed by atoms with Gasteiger partial charge in [-0.05, 0) is 36.4 Å². The zero-order chi connectivity index (χ0) is 17.2. The normalized spacial score (nSPS) is 11.3. The predicted octanol–water partition coefficient (Wildman–Crippen LogP) is 4.14. The first kappa shape index (κ1) is 15.8. The van der Waals surface area contributed by atoms with Gasteiger partial charge in [-0.25, -0.2) is 0 Å². The van der Waals surface area contributed by atoms with Crippen LogP contribution in [-0.2, 0) is 6.18 Å². The number of halogens is 3. The first-order chi connectivity index (χ1) is 11.4. The lowest BCUT2D eigenvalue weighted by atomic mass is 10.2. The van der Waals surface area contributed by atoms with Gasteiger partial charge in [0.1, 0.15) is 5.69 Å². The number of aromatic nitrogens is 2. The van der Waals surface area contributed by atoms with Gasteiger partial charge in [0.2, 0.25) is 0 Å². The molecule has 24 heavy (non-hydrogen) atoms. The van der Waals surface area contributed by atoms with E-state index in [0.29, 0.717) is 5.69 Å². The Balaban J connectivity index is 1.83. The first-order valence-electron chi connectivity index (χ1n) is 7.02. The van der Waals surface area contributed by atoms with Crippen molar-refractivity contribution in [1.82, 2.24) is 9.55 Å². The van der Waals surface area contributed by atoms with Crippen LogP contribution in [0.4, 0.5) is 18.9 Å². The van der Waals surface area contributed by atoms with Gasteiger partial charge in [0.05, 0.1) is 16.9 Å². The second kappa shape index (κ2) is 6.19. The molecule has 0 saturated carbocycles. The van der Waals surface area contributed by atoms with Crippen molar-refractivity contribution in [2.45, 2.75) is 6.18 Å². The maximum absolute atomic E-state index is 12.5. The number of nitrogens with one attached hydrogen (secondary N) is 1. The third-order valence-corrected chi connectivity index (χ3v) is 3.35. The Hall–Kier alpha value is -3.09. The third kappa shape index (κ3) is 3.29. The molecule has 1 N–H and O–H groups in total. The van der Waals surface area contributed by atoms with Crippen molar-refractivity contribution in [2.75, 3.05) is 5.32 Å². The van der Waals surface area contributed by atoms with E-state index in [9.17, 15) is 18.0 Å². The number of rotatable bonds is 3. The van der Waals surface area contributed by atoms with E-state index >= 15 is 0 Å². The van der Waals surface area contributed by atoms with Gasteiger partial charge in [0, 0.05) is 18.6 Å². The number of nitrogens with zero attached hydrogens (tertiary/aromatic N) is 2. The van der Waals surface area contributed by atoms with Gasteiger partial charge < -0.3 is 9.88 Å². The number of amides is 1. The van der Waals surface area contributed by atoms with Crippen LogP contribution in [-0.4, -0.2) is 15.5 Å². The zero-order valence-corrected chi connectivity index (χ0v) is 12.3. The Morgan fingerprint density at radius 2 is 1.71 bits per heavy atom. The highest BCUT2D eigenvalue weighted by molar-refractivity contribution is 6.05. The van der Waals surface area contributed by atoms with Crippen molar-refractivity contribution >= 4 is 11.6 Å². The minimum Gasteiger partial charge on any atom is -0.322 e. The maximum Gasteiger partial charge on any atom is 0.433 e. The average molecular weight is 331 g/mol. The van der Waals surface area contributed by atoms with Crippen molar-refractivity contribution in [3.05, 3.63) is 78.4 Å². The van der Waals surface area contributed by atoms with Crippen LogP contribution in [0.3, 0.4) is 0 Å². The molecule has 1 aromatic carbocycles. The Morgan fingerprint density at radius 3 is 2.33 bits per heavy atom. The summed E-state index contributed by atoms with van der Waals surface area (Å²) in [5.74, 6) is -0.532. The highest BCUT2D eigenvalue weighted by atomic mass is 19.4. The SMILES string of the molecule is O=C(Nc1ccccc1-n1cccc1)c1ccc(C(F)(F)F)nc1. The molecule has 122 valence electrons. The van der Waals surface area contributed by atoms with Crippen LogP contribution in [0.25, 0.3) is 5.69 Å². The first-order valence-corrected chi connectivity index (χ1v) is 7.02. The summed E-state index contributed by atoms with van der Waals surface area (Å²) in [6.45, 7) is 0. The number of benzene rings is 1. The number of para-hydroxylation sites is 2. The monoisotopic (exact) mass is 331 g/mol. The molecule has 0 spiro atoms. The second-order valence-corrected chi connectivity index (χ2v) is 4.99. The number of hydrogen-bond donors (Lipinski definition) is 1. The highest BCUT2D eigenvalue weighted by Gasteiger charge is 2.32. The van der Waals surface area contributed by atoms with Crippen molar-refractivity contribution in [3.63, 3.8) is 0 Å². The van der Waals surface area contributed by atoms with E-state index in [1.54, 1.807) is 12.1 Å². The molecule has 4 nitrogen and oxygen atoms in total. The molecule has 0 aliphatic carbocycles. The molecule has 0 saturated heterocycles. The molecular weight excluding hydrogens is 319 g/mol. The molecular formula is C17H12F3N3O. The summed E-state index contributed by atoms with van der Waals surface area (Å²) >= 11 is 0. The van der Waals surface area contributed by atoms with Gasteiger partial charge in [0.15, 0.2) is 0 Å². The molecule has 0 radical (unpaired) electrons. The number of hydrogen-bond acceptors (Lipinski definition) is 2. The number of alkyl halides is 3. The van der Waals surface area contributed by atoms with Crippen molar-refractivity contribution in [1.29, 1.82) is 0 Å². The van der Waals surface area contributed by atoms with Crippen LogP contribution < -0.4 is 5.32 Å². The fraction of sp³-hybridized carbons (Fsp3) is 0.0588. The summed E-state index contributed by atoms with van der Waals surface area (Å²) in [5, 5.41) is 2.69. The van der Waals surface area contributed by atoms with Crippen molar-refractivity contribution in [3.8, 4) is 5.69 Å². The van der Waals surface area contributed by atoms with Crippen LogP contribution in [0.2, 0.25) is 0 Å². The van der Waals surface area contributed by atoms with Crippen LogP contribution >= 0.6 is 0 Å². The van der Waals surface area contributed by atoms with Gasteiger partial charge in [-0.15, -0.1) is 0 Å². The van der Waals surface area contributed by atoms with E-state index in [2.05, 4.69) is 10.3 Å². The number of carbonyl (C=O) groups is 1. The standard InChI is InChI=1S/C17H12F3N3O/c18-17(19,20)15-8-7-12(11-21-15)16(24)22-13-5-1-2-6-14(13)23-9-3-4-10-23/h1-11H,(H,22,24). The summed E-state index contributed by atoms with van der Waals surface area (Å²) in [6.07, 6.45) is 0.0296. The number of pyridine rings is 1. The maximum atomic E-state index is 12.5. The zero-order valence-electron chi connectivity index (χ0n) is 12.3. The molecule has 2 heterocycles. The van der Waals surface area contributed by atoms with Crippen LogP contribution in [0.5, 0.6) is 0 Å². The fourth-order valence-corrected chi connectivity index (χ4v) is 2.19. The molecule has 3 rings (SSSR count). The predicted molar refractivity (Wildman–Crippen MR) is 83.0 cm³/mol. The van der Waals surface area contributed by atoms with E-state index in [1.165, 1.54) is 0 Å². The summed E-state index contributed by atoms with van der Waals surface area (Å²) in [7, 11) is 0. The largest absolute Gasteiger partial charge is 0.433 e. The Bertz CT molecular complexity index is 840. The van der Waals surface area contributed by atoms with E-state index in [4.69, 9.17) is 0 Å². The van der Waals surface area contributed by atoms with Gasteiger partial charge >= 0.3 is 6.18 Å². The minimum atomic E-state index is -4.53. The van der Waals surface area contributed by atoms with Gasteiger partial charge in [-0.1, -0.05) is 12.1 Å². The van der Waals surface area contributed by atoms with Gasteiger partial charge in [-0.3, -0.25) is 9.78 Å². The summed E-state index contributed by atoms with van der Waals surface area (Å²) in [5.41, 5.74) is 0.298. The fourth-order valence-electron chi connectivity index (χ4n) is 2.19. The number of carbonyl (C=O) groups excluding carboxylic acids is 1. The molecule has 3 aromatic rings.